The molecule has 0 aliphatic carbocycles. The van der Waals surface area contributed by atoms with Crippen LogP contribution in [-0.2, 0) is 0 Å². The van der Waals surface area contributed by atoms with E-state index >= 15 is 0 Å². The van der Waals surface area contributed by atoms with Crippen molar-refractivity contribution in [3.05, 3.63) is 34.4 Å². The smallest absolute Gasteiger partial charge is 0.0299 e. The van der Waals surface area contributed by atoms with Crippen LogP contribution in [0.25, 0.3) is 0 Å². The van der Waals surface area contributed by atoms with Crippen LogP contribution >= 0.6 is 11.8 Å². The van der Waals surface area contributed by atoms with Crippen LogP contribution in [0.1, 0.15) is 48.6 Å². The molecule has 18 heavy (non-hydrogen) atoms. The normalized spacial score (nSPS) is 14.6. The second kappa shape index (κ2) is 7.20. The Labute approximate surface area is 117 Å². The quantitative estimate of drug-likeness (QED) is 0.818. The molecule has 1 nitrogen and oxygen atoms in total. The molecule has 0 amide bonds. The summed E-state index contributed by atoms with van der Waals surface area (Å²) in [5.74, 6) is 1.19. The first-order valence-electron chi connectivity index (χ1n) is 6.82. The van der Waals surface area contributed by atoms with Crippen LogP contribution in [0.4, 0.5) is 0 Å². The molecule has 0 radical (unpaired) electrons. The molecule has 1 N–H and O–H groups in total. The van der Waals surface area contributed by atoms with Gasteiger partial charge in [-0.1, -0.05) is 24.6 Å². The predicted octanol–water partition coefficient (Wildman–Crippen LogP) is 4.40. The molecular weight excluding hydrogens is 238 g/mol. The van der Waals surface area contributed by atoms with E-state index in [9.17, 15) is 0 Å². The third kappa shape index (κ3) is 4.03. The van der Waals surface area contributed by atoms with Crippen LogP contribution in [0.2, 0.25) is 0 Å². The number of nitrogens with one attached hydrogen (secondary N) is 1. The van der Waals surface area contributed by atoms with Crippen molar-refractivity contribution in [2.24, 2.45) is 0 Å². The topological polar surface area (TPSA) is 12.0 Å². The Bertz CT molecular complexity index is 364. The van der Waals surface area contributed by atoms with Gasteiger partial charge in [-0.2, -0.15) is 11.8 Å². The van der Waals surface area contributed by atoms with Crippen molar-refractivity contribution in [3.63, 3.8) is 0 Å². The lowest BCUT2D eigenvalue weighted by molar-refractivity contribution is 0.472. The Morgan fingerprint density at radius 2 is 1.72 bits per heavy atom. The molecule has 0 aromatic heterocycles. The van der Waals surface area contributed by atoms with Crippen molar-refractivity contribution >= 4 is 11.8 Å². The van der Waals surface area contributed by atoms with E-state index in [0.29, 0.717) is 12.1 Å². The maximum Gasteiger partial charge on any atom is 0.0299 e. The monoisotopic (exact) mass is 265 g/mol. The zero-order chi connectivity index (χ0) is 13.7. The molecule has 0 bridgehead atoms. The summed E-state index contributed by atoms with van der Waals surface area (Å²) in [6.45, 7) is 11.2. The molecule has 0 aliphatic rings. The summed E-state index contributed by atoms with van der Waals surface area (Å²) in [7, 11) is 0. The summed E-state index contributed by atoms with van der Waals surface area (Å²) in [6.07, 6.45) is 3.37. The lowest BCUT2D eigenvalue weighted by atomic mass is 9.94. The van der Waals surface area contributed by atoms with Crippen molar-refractivity contribution in [1.82, 2.24) is 5.32 Å². The summed E-state index contributed by atoms with van der Waals surface area (Å²) in [5.41, 5.74) is 5.65. The third-order valence-corrected chi connectivity index (χ3v) is 4.25. The maximum absolute atomic E-state index is 3.76. The standard InChI is InChI=1S/C16H27NS/c1-7-15(10-18-6)17-14(5)16-12(3)8-11(2)9-13(16)4/h8-9,14-15,17H,7,10H2,1-6H3. The second-order valence-corrected chi connectivity index (χ2v) is 6.17. The average Bonchev–Trinajstić information content (AvgIpc) is 2.26. The molecule has 2 heteroatoms. The summed E-state index contributed by atoms with van der Waals surface area (Å²) < 4.78 is 0. The Hall–Kier alpha value is -0.470. The molecule has 0 saturated heterocycles. The first-order chi connectivity index (χ1) is 8.49. The predicted molar refractivity (Wildman–Crippen MR) is 84.7 cm³/mol. The van der Waals surface area contributed by atoms with Crippen molar-refractivity contribution in [3.8, 4) is 0 Å². The highest BCUT2D eigenvalue weighted by Crippen LogP contribution is 2.24. The van der Waals surface area contributed by atoms with Crippen LogP contribution in [-0.4, -0.2) is 18.1 Å². The third-order valence-electron chi connectivity index (χ3n) is 3.52. The Morgan fingerprint density at radius 1 is 1.17 bits per heavy atom. The minimum atomic E-state index is 0.433. The fourth-order valence-electron chi connectivity index (χ4n) is 2.80. The van der Waals surface area contributed by atoms with E-state index in [0.717, 1.165) is 0 Å². The van der Waals surface area contributed by atoms with Crippen LogP contribution < -0.4 is 5.32 Å². The van der Waals surface area contributed by atoms with Gasteiger partial charge in [0.05, 0.1) is 0 Å². The van der Waals surface area contributed by atoms with Gasteiger partial charge in [-0.15, -0.1) is 0 Å². The summed E-state index contributed by atoms with van der Waals surface area (Å²) in [5, 5.41) is 3.76. The first-order valence-corrected chi connectivity index (χ1v) is 8.21. The second-order valence-electron chi connectivity index (χ2n) is 5.26. The summed E-state index contributed by atoms with van der Waals surface area (Å²) >= 11 is 1.92. The minimum absolute atomic E-state index is 0.433. The van der Waals surface area contributed by atoms with E-state index in [4.69, 9.17) is 0 Å². The molecule has 0 saturated carbocycles. The van der Waals surface area contributed by atoms with Gasteiger partial charge in [0.25, 0.3) is 0 Å². The highest BCUT2D eigenvalue weighted by Gasteiger charge is 2.15. The number of thioether (sulfide) groups is 1. The lowest BCUT2D eigenvalue weighted by Gasteiger charge is -2.25. The number of benzene rings is 1. The fourth-order valence-corrected chi connectivity index (χ4v) is 3.53. The van der Waals surface area contributed by atoms with E-state index in [1.165, 1.54) is 34.4 Å². The summed E-state index contributed by atoms with van der Waals surface area (Å²) in [4.78, 5) is 0. The van der Waals surface area contributed by atoms with Gasteiger partial charge in [-0.05, 0) is 57.1 Å². The molecule has 102 valence electrons. The van der Waals surface area contributed by atoms with Crippen LogP contribution in [0.3, 0.4) is 0 Å². The average molecular weight is 265 g/mol. The fraction of sp³-hybridized carbons (Fsp3) is 0.625. The van der Waals surface area contributed by atoms with E-state index in [1.54, 1.807) is 0 Å². The SMILES string of the molecule is CCC(CSC)NC(C)c1c(C)cc(C)cc1C. The van der Waals surface area contributed by atoms with Gasteiger partial charge < -0.3 is 5.32 Å². The van der Waals surface area contributed by atoms with Crippen LogP contribution in [0.5, 0.6) is 0 Å². The zero-order valence-electron chi connectivity index (χ0n) is 12.6. The van der Waals surface area contributed by atoms with Gasteiger partial charge in [0, 0.05) is 17.8 Å². The lowest BCUT2D eigenvalue weighted by Crippen LogP contribution is -2.33. The highest BCUT2D eigenvalue weighted by molar-refractivity contribution is 7.98. The highest BCUT2D eigenvalue weighted by atomic mass is 32.2. The van der Waals surface area contributed by atoms with E-state index in [-0.39, 0.29) is 0 Å². The van der Waals surface area contributed by atoms with Crippen LogP contribution in [0.15, 0.2) is 12.1 Å². The molecule has 2 atom stereocenters. The molecule has 0 heterocycles. The Balaban J connectivity index is 2.86. The van der Waals surface area contributed by atoms with Crippen molar-refractivity contribution in [2.45, 2.75) is 53.1 Å². The number of hydrogen-bond donors (Lipinski definition) is 1. The van der Waals surface area contributed by atoms with Crippen LogP contribution in [0, 0.1) is 20.8 Å². The number of aryl methyl sites for hydroxylation is 3. The number of hydrogen-bond acceptors (Lipinski definition) is 2. The minimum Gasteiger partial charge on any atom is -0.307 e. The molecule has 1 rings (SSSR count). The van der Waals surface area contributed by atoms with E-state index in [1.807, 2.05) is 11.8 Å². The molecular formula is C16H27NS. The first kappa shape index (κ1) is 15.6. The molecule has 0 spiro atoms. The Kier molecular flexibility index (Phi) is 6.24. The van der Waals surface area contributed by atoms with Gasteiger partial charge in [0.15, 0.2) is 0 Å². The van der Waals surface area contributed by atoms with Gasteiger partial charge in [0.2, 0.25) is 0 Å². The maximum atomic E-state index is 3.76. The molecule has 0 aliphatic heterocycles. The number of rotatable bonds is 6. The van der Waals surface area contributed by atoms with E-state index in [2.05, 4.69) is 58.3 Å². The van der Waals surface area contributed by atoms with Crippen molar-refractivity contribution < 1.29 is 0 Å². The molecule has 2 unspecified atom stereocenters. The van der Waals surface area contributed by atoms with Gasteiger partial charge >= 0.3 is 0 Å². The van der Waals surface area contributed by atoms with Gasteiger partial charge in [-0.3, -0.25) is 0 Å². The zero-order valence-corrected chi connectivity index (χ0v) is 13.4. The molecule has 1 aromatic rings. The van der Waals surface area contributed by atoms with E-state index < -0.39 is 0 Å². The largest absolute Gasteiger partial charge is 0.307 e. The summed E-state index contributed by atoms with van der Waals surface area (Å²) in [6, 6.07) is 5.62. The van der Waals surface area contributed by atoms with Gasteiger partial charge in [-0.25, -0.2) is 0 Å². The molecule has 1 aromatic carbocycles. The van der Waals surface area contributed by atoms with Gasteiger partial charge in [0.1, 0.15) is 0 Å². The van der Waals surface area contributed by atoms with Crippen molar-refractivity contribution in [2.75, 3.05) is 12.0 Å². The molecule has 0 fully saturated rings. The Morgan fingerprint density at radius 3 is 2.17 bits per heavy atom. The van der Waals surface area contributed by atoms with Crippen molar-refractivity contribution in [1.29, 1.82) is 0 Å².